The van der Waals surface area contributed by atoms with Crippen LogP contribution in [0.3, 0.4) is 0 Å². The maximum Gasteiger partial charge on any atom is 2.00 e. The van der Waals surface area contributed by atoms with E-state index < -0.39 is 0 Å². The molecule has 0 aliphatic carbocycles. The van der Waals surface area contributed by atoms with Crippen molar-refractivity contribution in [2.75, 3.05) is 0 Å². The Labute approximate surface area is 107 Å². The zero-order valence-corrected chi connectivity index (χ0v) is 11.5. The zero-order chi connectivity index (χ0) is 12.6. The van der Waals surface area contributed by atoms with Crippen molar-refractivity contribution in [3.63, 3.8) is 0 Å². The predicted molar refractivity (Wildman–Crippen MR) is 53.4 cm³/mol. The standard InChI is InChI=1S/2C4H7N.2CN.Pt/c2*1-4(2)5-3;2*1-2;/h2*4H,1-2H3;;;/q;;2*-1;+2. The van der Waals surface area contributed by atoms with Crippen molar-refractivity contribution in [1.82, 2.24) is 0 Å². The van der Waals surface area contributed by atoms with Crippen LogP contribution in [0.15, 0.2) is 0 Å². The Morgan fingerprint density at radius 2 is 0.800 bits per heavy atom. The summed E-state index contributed by atoms with van der Waals surface area (Å²) in [6.45, 7) is 29.5. The normalized spacial score (nSPS) is 5.33. The van der Waals surface area contributed by atoms with Gasteiger partial charge in [-0.05, 0) is 0 Å². The zero-order valence-electron chi connectivity index (χ0n) is 9.26. The fourth-order valence-electron chi connectivity index (χ4n) is 0. The summed E-state index contributed by atoms with van der Waals surface area (Å²) in [5.41, 5.74) is 0. The van der Waals surface area contributed by atoms with Gasteiger partial charge in [0.2, 0.25) is 12.1 Å². The van der Waals surface area contributed by atoms with Gasteiger partial charge in [0.15, 0.2) is 0 Å². The second-order valence-corrected chi connectivity index (χ2v) is 2.45. The molecular formula is C10H14N4Pt. The van der Waals surface area contributed by atoms with Gasteiger partial charge in [-0.25, -0.2) is 13.1 Å². The summed E-state index contributed by atoms with van der Waals surface area (Å²) in [4.78, 5) is 6.28. The number of hydrogen-bond acceptors (Lipinski definition) is 2. The summed E-state index contributed by atoms with van der Waals surface area (Å²) in [6.07, 6.45) is 0. The third kappa shape index (κ3) is 204. The molecule has 0 unspecified atom stereocenters. The molecular weight excluding hydrogens is 371 g/mol. The molecule has 0 amide bonds. The Kier molecular flexibility index (Phi) is 75.6. The van der Waals surface area contributed by atoms with Gasteiger partial charge in [0.05, 0.1) is 0 Å². The van der Waals surface area contributed by atoms with Crippen LogP contribution in [0, 0.1) is 36.8 Å². The summed E-state index contributed by atoms with van der Waals surface area (Å²) in [6, 6.07) is 0.352. The van der Waals surface area contributed by atoms with E-state index in [0.29, 0.717) is 0 Å². The van der Waals surface area contributed by atoms with Crippen LogP contribution in [-0.4, -0.2) is 12.1 Å². The molecule has 0 aliphatic heterocycles. The van der Waals surface area contributed by atoms with E-state index in [1.807, 2.05) is 27.7 Å². The summed E-state index contributed by atoms with van der Waals surface area (Å²) >= 11 is 0. The van der Waals surface area contributed by atoms with Gasteiger partial charge in [0.25, 0.3) is 0 Å². The average Bonchev–Trinajstić information content (AvgIpc) is 2.24. The SMILES string of the molecule is [C-]#N.[C-]#N.[C-]#[N+]C(C)C.[C-]#[N+]C(C)C.[Pt+2]. The van der Waals surface area contributed by atoms with E-state index in [2.05, 4.69) is 9.69 Å². The smallest absolute Gasteiger partial charge is 0.512 e. The first-order chi connectivity index (χ1) is 6.54. The van der Waals surface area contributed by atoms with Crippen LogP contribution in [-0.2, 0) is 21.1 Å². The van der Waals surface area contributed by atoms with Crippen molar-refractivity contribution in [3.05, 3.63) is 36.0 Å². The molecule has 0 bridgehead atoms. The van der Waals surface area contributed by atoms with Gasteiger partial charge in [-0.1, -0.05) is 0 Å². The minimum absolute atomic E-state index is 0. The molecule has 0 heterocycles. The topological polar surface area (TPSA) is 56.3 Å². The van der Waals surface area contributed by atoms with E-state index >= 15 is 0 Å². The molecule has 0 rings (SSSR count). The molecule has 0 N–H and O–H groups in total. The number of rotatable bonds is 0. The molecule has 5 heteroatoms. The van der Waals surface area contributed by atoms with Crippen LogP contribution >= 0.6 is 0 Å². The van der Waals surface area contributed by atoms with E-state index in [9.17, 15) is 0 Å². The van der Waals surface area contributed by atoms with Gasteiger partial charge >= 0.3 is 21.1 Å². The first-order valence-electron chi connectivity index (χ1n) is 3.72. The van der Waals surface area contributed by atoms with Crippen LogP contribution in [0.5, 0.6) is 0 Å². The quantitative estimate of drug-likeness (QED) is 0.602. The first-order valence-corrected chi connectivity index (χ1v) is 3.72. The molecule has 0 atom stereocenters. The van der Waals surface area contributed by atoms with Crippen molar-refractivity contribution in [2.45, 2.75) is 39.8 Å². The Hall–Kier alpha value is -1.35. The van der Waals surface area contributed by atoms with E-state index in [1.165, 1.54) is 0 Å². The summed E-state index contributed by atoms with van der Waals surface area (Å²) in [5, 5.41) is 12.5. The maximum atomic E-state index is 6.28. The Morgan fingerprint density at radius 3 is 0.800 bits per heavy atom. The van der Waals surface area contributed by atoms with Crippen molar-refractivity contribution >= 4 is 0 Å². The molecule has 4 nitrogen and oxygen atoms in total. The predicted octanol–water partition coefficient (Wildman–Crippen LogP) is 2.82. The van der Waals surface area contributed by atoms with E-state index in [0.717, 1.165) is 0 Å². The molecule has 0 saturated heterocycles. The van der Waals surface area contributed by atoms with E-state index in [1.54, 1.807) is 0 Å². The summed E-state index contributed by atoms with van der Waals surface area (Å²) in [7, 11) is 0. The largest absolute Gasteiger partial charge is 2.00 e. The van der Waals surface area contributed by atoms with Crippen molar-refractivity contribution in [2.24, 2.45) is 0 Å². The second kappa shape index (κ2) is 38.8. The van der Waals surface area contributed by atoms with Crippen LogP contribution < -0.4 is 0 Å². The van der Waals surface area contributed by atoms with Crippen LogP contribution in [0.2, 0.25) is 0 Å². The third-order valence-electron chi connectivity index (χ3n) is 0.516. The Balaban J connectivity index is -0.0000000318. The molecule has 0 aromatic carbocycles. The number of nitrogens with zero attached hydrogens (tertiary/aromatic N) is 4. The van der Waals surface area contributed by atoms with Crippen molar-refractivity contribution in [1.29, 1.82) is 10.5 Å². The van der Waals surface area contributed by atoms with Gasteiger partial charge in [-0.15, -0.1) is 0 Å². The second-order valence-electron chi connectivity index (χ2n) is 2.45. The Morgan fingerprint density at radius 1 is 0.733 bits per heavy atom. The minimum Gasteiger partial charge on any atom is -0.512 e. The van der Waals surface area contributed by atoms with Gasteiger partial charge in [0.1, 0.15) is 0 Å². The molecule has 0 fully saturated rings. The monoisotopic (exact) mass is 385 g/mol. The fourth-order valence-corrected chi connectivity index (χ4v) is 0. The van der Waals surface area contributed by atoms with Gasteiger partial charge in [-0.3, -0.25) is 0 Å². The minimum atomic E-state index is 0. The molecule has 0 spiro atoms. The Bertz CT molecular complexity index is 181. The molecule has 0 aromatic rings. The van der Waals surface area contributed by atoms with E-state index in [-0.39, 0.29) is 33.1 Å². The molecule has 15 heavy (non-hydrogen) atoms. The number of hydrogen-bond donors (Lipinski definition) is 0. The van der Waals surface area contributed by atoms with Gasteiger partial charge in [-0.2, -0.15) is 0 Å². The molecule has 84 valence electrons. The van der Waals surface area contributed by atoms with Gasteiger partial charge < -0.3 is 33.4 Å². The van der Waals surface area contributed by atoms with Crippen LogP contribution in [0.4, 0.5) is 0 Å². The molecule has 0 saturated carbocycles. The first kappa shape index (κ1) is 29.2. The molecule has 0 aliphatic rings. The van der Waals surface area contributed by atoms with Crippen molar-refractivity contribution < 1.29 is 21.1 Å². The van der Waals surface area contributed by atoms with Crippen LogP contribution in [0.1, 0.15) is 27.7 Å². The average molecular weight is 385 g/mol. The van der Waals surface area contributed by atoms with Crippen molar-refractivity contribution in [3.8, 4) is 0 Å². The molecule has 0 radical (unpaired) electrons. The summed E-state index contributed by atoms with van der Waals surface area (Å²) < 4.78 is 0. The maximum absolute atomic E-state index is 6.28. The van der Waals surface area contributed by atoms with Gasteiger partial charge in [0, 0.05) is 27.7 Å². The van der Waals surface area contributed by atoms with E-state index in [4.69, 9.17) is 36.8 Å². The van der Waals surface area contributed by atoms with Crippen LogP contribution in [0.25, 0.3) is 9.69 Å². The summed E-state index contributed by atoms with van der Waals surface area (Å²) in [5.74, 6) is 0. The molecule has 0 aromatic heterocycles. The third-order valence-corrected chi connectivity index (χ3v) is 0.516. The fraction of sp³-hybridized carbons (Fsp3) is 0.600.